The number of benzene rings is 1. The fourth-order valence-corrected chi connectivity index (χ4v) is 1.81. The molecule has 1 N–H and O–H groups in total. The number of carboxylic acids is 1. The molecular formula is C15H19NO4. The number of rotatable bonds is 7. The molecule has 0 spiro atoms. The Labute approximate surface area is 119 Å². The van der Waals surface area contributed by atoms with Gasteiger partial charge in [-0.2, -0.15) is 0 Å². The first kappa shape index (κ1) is 15.7. The molecule has 0 amide bonds. The summed E-state index contributed by atoms with van der Waals surface area (Å²) < 4.78 is 10.5. The molecule has 0 heterocycles. The molecule has 1 unspecified atom stereocenters. The van der Waals surface area contributed by atoms with Crippen molar-refractivity contribution in [2.24, 2.45) is 5.92 Å². The van der Waals surface area contributed by atoms with Crippen molar-refractivity contribution in [2.45, 2.75) is 6.92 Å². The van der Waals surface area contributed by atoms with E-state index in [1.165, 1.54) is 0 Å². The summed E-state index contributed by atoms with van der Waals surface area (Å²) in [7, 11) is 3.12. The fourth-order valence-electron chi connectivity index (χ4n) is 1.81. The van der Waals surface area contributed by atoms with Gasteiger partial charge in [0.1, 0.15) is 11.5 Å². The first-order valence-electron chi connectivity index (χ1n) is 6.16. The Hall–Kier alpha value is -2.35. The minimum Gasteiger partial charge on any atom is -0.497 e. The Morgan fingerprint density at radius 1 is 1.45 bits per heavy atom. The number of aliphatic carboxylic acids is 1. The van der Waals surface area contributed by atoms with E-state index in [9.17, 15) is 4.79 Å². The molecule has 0 aromatic heterocycles. The fraction of sp³-hybridized carbons (Fsp3) is 0.400. The standard InChI is InChI=1S/C15H19NO4/c1-5-8-16(10-11(2)15(17)18)13-9-12(19-3)6-7-14(13)20-4/h1,6-7,9,11H,8,10H2,2-4H3,(H,17,18). The maximum Gasteiger partial charge on any atom is 0.308 e. The van der Waals surface area contributed by atoms with Crippen LogP contribution in [0.2, 0.25) is 0 Å². The summed E-state index contributed by atoms with van der Waals surface area (Å²) in [6, 6.07) is 5.32. The van der Waals surface area contributed by atoms with Gasteiger partial charge in [-0.05, 0) is 12.1 Å². The minimum absolute atomic E-state index is 0.293. The summed E-state index contributed by atoms with van der Waals surface area (Å²) in [4.78, 5) is 12.8. The van der Waals surface area contributed by atoms with Crippen LogP contribution in [0.15, 0.2) is 18.2 Å². The first-order chi connectivity index (χ1) is 9.53. The number of anilines is 1. The van der Waals surface area contributed by atoms with Gasteiger partial charge in [0.2, 0.25) is 0 Å². The molecule has 108 valence electrons. The number of hydrogen-bond donors (Lipinski definition) is 1. The van der Waals surface area contributed by atoms with Crippen LogP contribution in [0.1, 0.15) is 6.92 Å². The van der Waals surface area contributed by atoms with Gasteiger partial charge in [-0.15, -0.1) is 6.42 Å². The molecule has 0 aliphatic carbocycles. The lowest BCUT2D eigenvalue weighted by atomic mass is 10.1. The topological polar surface area (TPSA) is 59.0 Å². The van der Waals surface area contributed by atoms with E-state index in [2.05, 4.69) is 5.92 Å². The number of nitrogens with zero attached hydrogens (tertiary/aromatic N) is 1. The second-order valence-electron chi connectivity index (χ2n) is 4.36. The molecule has 1 rings (SSSR count). The van der Waals surface area contributed by atoms with Crippen LogP contribution in [0.4, 0.5) is 5.69 Å². The Balaban J connectivity index is 3.12. The van der Waals surface area contributed by atoms with Crippen LogP contribution in [-0.4, -0.2) is 38.4 Å². The average molecular weight is 277 g/mol. The zero-order chi connectivity index (χ0) is 15.1. The number of terminal acetylenes is 1. The second kappa shape index (κ2) is 7.29. The predicted octanol–water partition coefficient (Wildman–Crippen LogP) is 1.86. The van der Waals surface area contributed by atoms with Crippen LogP contribution in [0.3, 0.4) is 0 Å². The summed E-state index contributed by atoms with van der Waals surface area (Å²) in [5, 5.41) is 9.04. The van der Waals surface area contributed by atoms with Crippen molar-refractivity contribution in [1.82, 2.24) is 0 Å². The van der Waals surface area contributed by atoms with E-state index in [0.29, 0.717) is 24.6 Å². The molecule has 0 aliphatic heterocycles. The van der Waals surface area contributed by atoms with Crippen molar-refractivity contribution >= 4 is 11.7 Å². The highest BCUT2D eigenvalue weighted by Crippen LogP contribution is 2.32. The van der Waals surface area contributed by atoms with Crippen LogP contribution >= 0.6 is 0 Å². The first-order valence-corrected chi connectivity index (χ1v) is 6.16. The normalized spacial score (nSPS) is 11.3. The lowest BCUT2D eigenvalue weighted by Gasteiger charge is -2.26. The Morgan fingerprint density at radius 2 is 2.15 bits per heavy atom. The summed E-state index contributed by atoms with van der Waals surface area (Å²) in [5.41, 5.74) is 0.720. The van der Waals surface area contributed by atoms with E-state index in [0.717, 1.165) is 5.69 Å². The molecule has 1 aromatic rings. The highest BCUT2D eigenvalue weighted by atomic mass is 16.5. The summed E-state index contributed by atoms with van der Waals surface area (Å²) in [6.45, 7) is 2.22. The third-order valence-corrected chi connectivity index (χ3v) is 2.92. The van der Waals surface area contributed by atoms with Gasteiger partial charge in [0, 0.05) is 12.6 Å². The van der Waals surface area contributed by atoms with Crippen molar-refractivity contribution in [3.63, 3.8) is 0 Å². The quantitative estimate of drug-likeness (QED) is 0.771. The summed E-state index contributed by atoms with van der Waals surface area (Å²) >= 11 is 0. The number of hydrogen-bond acceptors (Lipinski definition) is 4. The Bertz CT molecular complexity index is 507. The van der Waals surface area contributed by atoms with E-state index in [-0.39, 0.29) is 0 Å². The smallest absolute Gasteiger partial charge is 0.308 e. The maximum atomic E-state index is 11.0. The van der Waals surface area contributed by atoms with Gasteiger partial charge in [0.05, 0.1) is 32.4 Å². The number of ether oxygens (including phenoxy) is 2. The van der Waals surface area contributed by atoms with E-state index >= 15 is 0 Å². The van der Waals surface area contributed by atoms with Crippen LogP contribution in [-0.2, 0) is 4.79 Å². The van der Waals surface area contributed by atoms with Gasteiger partial charge >= 0.3 is 5.97 Å². The van der Waals surface area contributed by atoms with Crippen molar-refractivity contribution < 1.29 is 19.4 Å². The van der Waals surface area contributed by atoms with E-state index < -0.39 is 11.9 Å². The lowest BCUT2D eigenvalue weighted by molar-refractivity contribution is -0.140. The molecule has 1 aromatic carbocycles. The minimum atomic E-state index is -0.867. The van der Waals surface area contributed by atoms with Gasteiger partial charge in [0.15, 0.2) is 0 Å². The van der Waals surface area contributed by atoms with E-state index in [1.807, 2.05) is 0 Å². The van der Waals surface area contributed by atoms with E-state index in [1.54, 1.807) is 44.2 Å². The third-order valence-electron chi connectivity index (χ3n) is 2.92. The van der Waals surface area contributed by atoms with Gasteiger partial charge in [-0.1, -0.05) is 12.8 Å². The van der Waals surface area contributed by atoms with Crippen molar-refractivity contribution in [1.29, 1.82) is 0 Å². The van der Waals surface area contributed by atoms with Crippen LogP contribution in [0, 0.1) is 18.3 Å². The molecule has 0 fully saturated rings. The molecule has 20 heavy (non-hydrogen) atoms. The number of carbonyl (C=O) groups is 1. The average Bonchev–Trinajstić information content (AvgIpc) is 2.45. The molecule has 0 saturated heterocycles. The molecule has 0 bridgehead atoms. The highest BCUT2D eigenvalue weighted by Gasteiger charge is 2.19. The van der Waals surface area contributed by atoms with Crippen LogP contribution < -0.4 is 14.4 Å². The Morgan fingerprint density at radius 3 is 2.65 bits per heavy atom. The highest BCUT2D eigenvalue weighted by molar-refractivity contribution is 5.71. The van der Waals surface area contributed by atoms with Crippen molar-refractivity contribution in [3.8, 4) is 23.8 Å². The lowest BCUT2D eigenvalue weighted by Crippen LogP contribution is -2.32. The van der Waals surface area contributed by atoms with Crippen LogP contribution in [0.5, 0.6) is 11.5 Å². The molecule has 1 atom stereocenters. The van der Waals surface area contributed by atoms with Gasteiger partial charge in [-0.3, -0.25) is 4.79 Å². The number of methoxy groups -OCH3 is 2. The summed E-state index contributed by atoms with van der Waals surface area (Å²) in [6.07, 6.45) is 5.37. The monoisotopic (exact) mass is 277 g/mol. The second-order valence-corrected chi connectivity index (χ2v) is 4.36. The van der Waals surface area contributed by atoms with Gasteiger partial charge in [-0.25, -0.2) is 0 Å². The predicted molar refractivity (Wildman–Crippen MR) is 77.4 cm³/mol. The van der Waals surface area contributed by atoms with Crippen LogP contribution in [0.25, 0.3) is 0 Å². The van der Waals surface area contributed by atoms with Crippen molar-refractivity contribution in [3.05, 3.63) is 18.2 Å². The SMILES string of the molecule is C#CCN(CC(C)C(=O)O)c1cc(OC)ccc1OC. The summed E-state index contributed by atoms with van der Waals surface area (Å²) in [5.74, 6) is 2.41. The van der Waals surface area contributed by atoms with Crippen molar-refractivity contribution in [2.75, 3.05) is 32.2 Å². The zero-order valence-electron chi connectivity index (χ0n) is 11.9. The number of carboxylic acid groups (broad SMARTS) is 1. The van der Waals surface area contributed by atoms with Gasteiger partial charge < -0.3 is 19.5 Å². The Kier molecular flexibility index (Phi) is 5.73. The third kappa shape index (κ3) is 3.82. The molecular weight excluding hydrogens is 258 g/mol. The molecule has 5 heteroatoms. The zero-order valence-corrected chi connectivity index (χ0v) is 11.9. The van der Waals surface area contributed by atoms with E-state index in [4.69, 9.17) is 21.0 Å². The maximum absolute atomic E-state index is 11.0. The molecule has 0 saturated carbocycles. The molecule has 0 radical (unpaired) electrons. The largest absolute Gasteiger partial charge is 0.497 e. The van der Waals surface area contributed by atoms with Gasteiger partial charge in [0.25, 0.3) is 0 Å². The molecule has 0 aliphatic rings. The molecule has 5 nitrogen and oxygen atoms in total.